The van der Waals surface area contributed by atoms with E-state index in [2.05, 4.69) is 9.97 Å². The van der Waals surface area contributed by atoms with Gasteiger partial charge in [0.15, 0.2) is 5.16 Å². The lowest BCUT2D eigenvalue weighted by Gasteiger charge is -2.08. The van der Waals surface area contributed by atoms with Gasteiger partial charge >= 0.3 is 5.97 Å². The number of carbonyl (C=O) groups excluding carboxylic acids is 1. The maximum Gasteiger partial charge on any atom is 0.313 e. The number of amides is 1. The van der Waals surface area contributed by atoms with Crippen molar-refractivity contribution in [2.75, 3.05) is 19.8 Å². The summed E-state index contributed by atoms with van der Waals surface area (Å²) in [6.07, 6.45) is 0. The van der Waals surface area contributed by atoms with Gasteiger partial charge in [0.25, 0.3) is 5.91 Å². The molecule has 2 aromatic heterocycles. The fraction of sp³-hybridized carbons (Fsp3) is 0.333. The van der Waals surface area contributed by atoms with Gasteiger partial charge < -0.3 is 10.0 Å². The molecule has 0 radical (unpaired) electrons. The third-order valence-electron chi connectivity index (χ3n) is 2.65. The molecule has 0 bridgehead atoms. The van der Waals surface area contributed by atoms with Crippen molar-refractivity contribution in [1.82, 2.24) is 14.9 Å². The lowest BCUT2D eigenvalue weighted by molar-refractivity contribution is -0.133. The molecule has 0 aromatic carbocycles. The minimum atomic E-state index is -0.953. The van der Waals surface area contributed by atoms with Gasteiger partial charge in [0.2, 0.25) is 0 Å². The Morgan fingerprint density at radius 2 is 2.05 bits per heavy atom. The molecule has 0 fully saturated rings. The van der Waals surface area contributed by atoms with Crippen LogP contribution >= 0.6 is 34.7 Å². The van der Waals surface area contributed by atoms with Gasteiger partial charge in [-0.25, -0.2) is 9.97 Å². The van der Waals surface area contributed by atoms with Gasteiger partial charge in [-0.05, 0) is 12.5 Å². The third-order valence-corrected chi connectivity index (χ3v) is 4.93. The summed E-state index contributed by atoms with van der Waals surface area (Å²) < 4.78 is 0. The van der Waals surface area contributed by atoms with Gasteiger partial charge in [0, 0.05) is 14.1 Å². The van der Waals surface area contributed by atoms with Crippen LogP contribution in [0.15, 0.2) is 5.16 Å². The monoisotopic (exact) mass is 345 g/mol. The van der Waals surface area contributed by atoms with Crippen LogP contribution in [0.2, 0.25) is 5.15 Å². The van der Waals surface area contributed by atoms with E-state index in [4.69, 9.17) is 16.7 Å². The van der Waals surface area contributed by atoms with E-state index in [0.29, 0.717) is 20.3 Å². The Labute approximate surface area is 134 Å². The fourth-order valence-electron chi connectivity index (χ4n) is 1.67. The Morgan fingerprint density at radius 1 is 1.38 bits per heavy atom. The molecule has 2 heterocycles. The second kappa shape index (κ2) is 6.17. The number of aryl methyl sites for hydroxylation is 1. The molecule has 1 amide bonds. The van der Waals surface area contributed by atoms with Crippen LogP contribution in [0.4, 0.5) is 0 Å². The van der Waals surface area contributed by atoms with E-state index in [0.717, 1.165) is 17.3 Å². The first-order chi connectivity index (χ1) is 9.81. The molecule has 0 atom stereocenters. The van der Waals surface area contributed by atoms with Crippen molar-refractivity contribution in [2.24, 2.45) is 0 Å². The number of halogens is 1. The van der Waals surface area contributed by atoms with Gasteiger partial charge in [0.05, 0.1) is 16.0 Å². The highest BCUT2D eigenvalue weighted by Gasteiger charge is 2.21. The largest absolute Gasteiger partial charge is 0.481 e. The summed E-state index contributed by atoms with van der Waals surface area (Å²) in [7, 11) is 3.35. The van der Waals surface area contributed by atoms with Crippen LogP contribution in [0.3, 0.4) is 0 Å². The Hall–Kier alpha value is -1.38. The van der Waals surface area contributed by atoms with Crippen molar-refractivity contribution in [3.63, 3.8) is 0 Å². The zero-order chi connectivity index (χ0) is 15.7. The zero-order valence-electron chi connectivity index (χ0n) is 11.5. The van der Waals surface area contributed by atoms with Crippen molar-refractivity contribution in [3.8, 4) is 0 Å². The number of thioether (sulfide) groups is 1. The van der Waals surface area contributed by atoms with Crippen molar-refractivity contribution in [1.29, 1.82) is 0 Å². The van der Waals surface area contributed by atoms with E-state index in [-0.39, 0.29) is 16.8 Å². The van der Waals surface area contributed by atoms with Crippen molar-refractivity contribution in [2.45, 2.75) is 12.1 Å². The Bertz CT molecular complexity index is 730. The molecule has 0 aliphatic carbocycles. The highest BCUT2D eigenvalue weighted by molar-refractivity contribution is 7.99. The number of thiophene rings is 1. The molecule has 2 aromatic rings. The van der Waals surface area contributed by atoms with E-state index < -0.39 is 5.97 Å². The predicted octanol–water partition coefficient (Wildman–Crippen LogP) is 2.53. The molecule has 0 saturated carbocycles. The first kappa shape index (κ1) is 16.0. The topological polar surface area (TPSA) is 83.4 Å². The lowest BCUT2D eigenvalue weighted by Crippen LogP contribution is -2.21. The normalized spacial score (nSPS) is 10.9. The van der Waals surface area contributed by atoms with Gasteiger partial charge in [-0.15, -0.1) is 11.3 Å². The van der Waals surface area contributed by atoms with Gasteiger partial charge in [-0.1, -0.05) is 23.4 Å². The SMILES string of the molecule is Cc1c(C(=O)N(C)C)sc2nc(SCC(=O)O)nc(Cl)c12. The van der Waals surface area contributed by atoms with Crippen LogP contribution in [0.25, 0.3) is 10.2 Å². The molecule has 6 nitrogen and oxygen atoms in total. The maximum absolute atomic E-state index is 12.1. The lowest BCUT2D eigenvalue weighted by atomic mass is 10.2. The number of fused-ring (bicyclic) bond motifs is 1. The molecule has 112 valence electrons. The summed E-state index contributed by atoms with van der Waals surface area (Å²) in [5, 5.41) is 9.85. The first-order valence-corrected chi connectivity index (χ1v) is 8.02. The average molecular weight is 346 g/mol. The predicted molar refractivity (Wildman–Crippen MR) is 83.5 cm³/mol. The summed E-state index contributed by atoms with van der Waals surface area (Å²) in [5.74, 6) is -1.22. The summed E-state index contributed by atoms with van der Waals surface area (Å²) in [5.41, 5.74) is 0.744. The second-order valence-electron chi connectivity index (χ2n) is 4.42. The second-order valence-corrected chi connectivity index (χ2v) is 6.71. The minimum absolute atomic E-state index is 0.119. The molecular formula is C12H12ClN3O3S2. The molecule has 9 heteroatoms. The molecule has 1 N–H and O–H groups in total. The number of aliphatic carboxylic acids is 1. The van der Waals surface area contributed by atoms with Crippen molar-refractivity contribution in [3.05, 3.63) is 15.6 Å². The van der Waals surface area contributed by atoms with Crippen LogP contribution < -0.4 is 0 Å². The molecule has 0 aliphatic heterocycles. The number of nitrogens with zero attached hydrogens (tertiary/aromatic N) is 3. The van der Waals surface area contributed by atoms with Crippen LogP contribution in [0.1, 0.15) is 15.2 Å². The number of hydrogen-bond acceptors (Lipinski definition) is 6. The van der Waals surface area contributed by atoms with Crippen LogP contribution in [0.5, 0.6) is 0 Å². The minimum Gasteiger partial charge on any atom is -0.481 e. The van der Waals surface area contributed by atoms with Crippen LogP contribution in [0, 0.1) is 6.92 Å². The van der Waals surface area contributed by atoms with E-state index in [1.807, 2.05) is 0 Å². The van der Waals surface area contributed by atoms with Gasteiger partial charge in [-0.3, -0.25) is 9.59 Å². The number of carbonyl (C=O) groups is 2. The van der Waals surface area contributed by atoms with Crippen LogP contribution in [-0.2, 0) is 4.79 Å². The highest BCUT2D eigenvalue weighted by atomic mass is 35.5. The van der Waals surface area contributed by atoms with E-state index in [9.17, 15) is 9.59 Å². The molecule has 0 saturated heterocycles. The molecule has 0 unspecified atom stereocenters. The summed E-state index contributed by atoms with van der Waals surface area (Å²) in [4.78, 5) is 33.7. The van der Waals surface area contributed by atoms with Gasteiger partial charge in [0.1, 0.15) is 9.98 Å². The fourth-order valence-corrected chi connectivity index (χ4v) is 3.91. The Kier molecular flexibility index (Phi) is 4.70. The Morgan fingerprint density at radius 3 is 2.62 bits per heavy atom. The van der Waals surface area contributed by atoms with Crippen molar-refractivity contribution < 1.29 is 14.7 Å². The van der Waals surface area contributed by atoms with Crippen molar-refractivity contribution >= 4 is 56.8 Å². The third kappa shape index (κ3) is 3.28. The molecule has 0 aliphatic rings. The van der Waals surface area contributed by atoms with Gasteiger partial charge in [-0.2, -0.15) is 0 Å². The van der Waals surface area contributed by atoms with E-state index >= 15 is 0 Å². The van der Waals surface area contributed by atoms with E-state index in [1.54, 1.807) is 21.0 Å². The zero-order valence-corrected chi connectivity index (χ0v) is 13.9. The smallest absolute Gasteiger partial charge is 0.313 e. The van der Waals surface area contributed by atoms with Crippen LogP contribution in [-0.4, -0.2) is 51.7 Å². The average Bonchev–Trinajstić information content (AvgIpc) is 2.73. The first-order valence-electron chi connectivity index (χ1n) is 5.84. The number of carboxylic acids is 1. The number of carboxylic acid groups (broad SMARTS) is 1. The Balaban J connectivity index is 2.50. The quantitative estimate of drug-likeness (QED) is 0.521. The molecule has 2 rings (SSSR count). The maximum atomic E-state index is 12.1. The summed E-state index contributed by atoms with van der Waals surface area (Å²) in [6, 6.07) is 0. The standard InChI is InChI=1S/C12H12ClN3O3S2/c1-5-7-9(13)14-12(20-4-6(17)18)15-10(7)21-8(5)11(19)16(2)3/h4H2,1-3H3,(H,17,18). The number of hydrogen-bond donors (Lipinski definition) is 1. The number of rotatable bonds is 4. The highest BCUT2D eigenvalue weighted by Crippen LogP contribution is 2.35. The van der Waals surface area contributed by atoms with E-state index in [1.165, 1.54) is 16.2 Å². The molecule has 0 spiro atoms. The number of aromatic nitrogens is 2. The molecule has 21 heavy (non-hydrogen) atoms. The summed E-state index contributed by atoms with van der Waals surface area (Å²) >= 11 is 8.38. The summed E-state index contributed by atoms with van der Waals surface area (Å²) in [6.45, 7) is 1.80. The molecular weight excluding hydrogens is 334 g/mol.